The molecule has 0 bridgehead atoms. The Balaban J connectivity index is 0.000000141. The standard InChI is InChI=1S/C34H40N2O4S.C31H38N2O5S.C26H29BrN2O2S/c1-33(2,3)36-16-8-7-13-25-29(28-14-10-18-41-28)30-26-19-23(11-9-12-24-21-39-34(4,5)40-24)27(38-6)20-22(26)15-17-35(30)31(25)32(36)37;1-31(2,3)33-13-6-5-8-21-27(26-9-7-15-39-26)28-22-17-23(24(36)11-10-20(35)18-34)25(38-4)16-19(22)12-14-32(28)29(21)30(33)37;1-26(2,3)29-11-6-5-8-17-22(21-9-7-13-32-21)23-18-15-19(27)20(31-4)14-16(18)10-12-28(23)24(17)25(29)30/h10,14,18-20,24H,7-8,12-13,15-17,21H2,1-6H3;7,9,15-17,20,34-35H,5-6,8,10-14,18H2,1-4H3;7,9,13-15H,5-6,8,10-12H2,1-4H3/t24-;20-;/m11./s1. The lowest BCUT2D eigenvalue weighted by molar-refractivity contribution is -0.137. The molecule has 16 rings (SSSR count). The Labute approximate surface area is 680 Å². The lowest BCUT2D eigenvalue weighted by Gasteiger charge is -2.37. The molecule has 112 heavy (non-hydrogen) atoms. The summed E-state index contributed by atoms with van der Waals surface area (Å²) in [4.78, 5) is 65.7. The number of nitrogens with zero attached hydrogens (tertiary/aromatic N) is 6. The van der Waals surface area contributed by atoms with Crippen LogP contribution in [-0.4, -0.2) is 151 Å². The molecule has 6 aromatic heterocycles. The molecule has 1 fully saturated rings. The van der Waals surface area contributed by atoms with E-state index in [4.69, 9.17) is 23.7 Å². The molecule has 1 saturated heterocycles. The van der Waals surface area contributed by atoms with Crippen LogP contribution in [0.5, 0.6) is 17.2 Å². The van der Waals surface area contributed by atoms with Gasteiger partial charge in [-0.25, -0.2) is 0 Å². The minimum atomic E-state index is -0.934. The monoisotopic (exact) mass is 1630 g/mol. The largest absolute Gasteiger partial charge is 0.496 e. The highest BCUT2D eigenvalue weighted by molar-refractivity contribution is 9.10. The molecule has 21 heteroatoms. The van der Waals surface area contributed by atoms with Gasteiger partial charge in [-0.1, -0.05) is 30.0 Å². The highest BCUT2D eigenvalue weighted by atomic mass is 79.9. The molecule has 3 aromatic carbocycles. The number of carbonyl (C=O) groups is 4. The summed E-state index contributed by atoms with van der Waals surface area (Å²) in [5.74, 6) is 8.56. The number of halogens is 1. The Hall–Kier alpha value is -8.04. The Kier molecular flexibility index (Phi) is 23.5. The number of aromatic nitrogens is 3. The molecule has 7 aliphatic rings. The van der Waals surface area contributed by atoms with Crippen LogP contribution in [0, 0.1) is 11.8 Å². The van der Waals surface area contributed by atoms with Crippen molar-refractivity contribution in [2.45, 2.75) is 227 Å². The van der Waals surface area contributed by atoms with Crippen molar-refractivity contribution in [2.24, 2.45) is 0 Å². The van der Waals surface area contributed by atoms with Crippen molar-refractivity contribution in [3.8, 4) is 94.2 Å². The highest BCUT2D eigenvalue weighted by Crippen LogP contribution is 2.52. The van der Waals surface area contributed by atoms with Crippen molar-refractivity contribution >= 4 is 73.4 Å². The minimum Gasteiger partial charge on any atom is -0.496 e. The van der Waals surface area contributed by atoms with Gasteiger partial charge in [0.25, 0.3) is 17.7 Å². The number of fused-ring (bicyclic) bond motifs is 15. The number of aryl methyl sites for hydroxylation is 3. The summed E-state index contributed by atoms with van der Waals surface area (Å²) in [6.07, 6.45) is 11.2. The summed E-state index contributed by atoms with van der Waals surface area (Å²) in [5.41, 5.74) is 20.4. The first-order chi connectivity index (χ1) is 53.5. The van der Waals surface area contributed by atoms with Gasteiger partial charge in [0.15, 0.2) is 11.6 Å². The molecule has 3 amide bonds. The van der Waals surface area contributed by atoms with E-state index in [-0.39, 0.29) is 65.7 Å². The number of aliphatic hydroxyl groups is 2. The minimum absolute atomic E-state index is 0.0415. The van der Waals surface area contributed by atoms with E-state index in [1.807, 2.05) is 36.9 Å². The summed E-state index contributed by atoms with van der Waals surface area (Å²) in [6.45, 7) is 27.8. The van der Waals surface area contributed by atoms with E-state index in [0.717, 1.165) is 192 Å². The summed E-state index contributed by atoms with van der Waals surface area (Å²) in [6, 6.07) is 25.3. The quantitative estimate of drug-likeness (QED) is 0.0878. The van der Waals surface area contributed by atoms with E-state index in [1.54, 1.807) is 55.3 Å². The third-order valence-corrected chi connectivity index (χ3v) is 26.3. The second-order valence-electron chi connectivity index (χ2n) is 33.9. The summed E-state index contributed by atoms with van der Waals surface area (Å²) in [7, 11) is 4.98. The fourth-order valence-corrected chi connectivity index (χ4v) is 20.5. The maximum absolute atomic E-state index is 14.3. The van der Waals surface area contributed by atoms with E-state index in [9.17, 15) is 29.4 Å². The number of amides is 3. The van der Waals surface area contributed by atoms with Gasteiger partial charge in [0.1, 0.15) is 34.3 Å². The van der Waals surface area contributed by atoms with E-state index in [2.05, 4.69) is 184 Å². The molecule has 9 aromatic rings. The normalized spacial score (nSPS) is 17.5. The molecule has 0 saturated carbocycles. The maximum atomic E-state index is 14.3. The zero-order valence-electron chi connectivity index (χ0n) is 67.4. The number of aliphatic hydroxyl groups excluding tert-OH is 2. The smallest absolute Gasteiger partial charge is 0.271 e. The van der Waals surface area contributed by atoms with Gasteiger partial charge < -0.3 is 62.3 Å². The molecule has 0 radical (unpaired) electrons. The van der Waals surface area contributed by atoms with E-state index in [1.165, 1.54) is 54.4 Å². The van der Waals surface area contributed by atoms with Crippen molar-refractivity contribution in [1.82, 2.24) is 28.4 Å². The first-order valence-electron chi connectivity index (χ1n) is 39.8. The van der Waals surface area contributed by atoms with Crippen molar-refractivity contribution in [1.29, 1.82) is 0 Å². The number of Topliss-reactive ketones (excluding diaryl/α,β-unsaturated/α-hetero) is 1. The number of methoxy groups -OCH3 is 3. The molecule has 2 N–H and O–H groups in total. The summed E-state index contributed by atoms with van der Waals surface area (Å²) >= 11 is 8.87. The van der Waals surface area contributed by atoms with Crippen LogP contribution in [0.1, 0.15) is 215 Å². The van der Waals surface area contributed by atoms with Gasteiger partial charge in [0.05, 0.1) is 79.4 Å². The lowest BCUT2D eigenvalue weighted by atomic mass is 9.90. The molecule has 7 aliphatic heterocycles. The van der Waals surface area contributed by atoms with Crippen LogP contribution >= 0.6 is 49.9 Å². The van der Waals surface area contributed by atoms with E-state index in [0.29, 0.717) is 30.9 Å². The summed E-state index contributed by atoms with van der Waals surface area (Å²) < 4.78 is 36.5. The lowest BCUT2D eigenvalue weighted by Crippen LogP contribution is -2.47. The van der Waals surface area contributed by atoms with Crippen LogP contribution in [0.2, 0.25) is 0 Å². The molecule has 13 heterocycles. The van der Waals surface area contributed by atoms with Crippen molar-refractivity contribution in [3.63, 3.8) is 0 Å². The second-order valence-corrected chi connectivity index (χ2v) is 37.6. The van der Waals surface area contributed by atoms with Crippen LogP contribution < -0.4 is 14.2 Å². The number of ketones is 1. The average Bonchev–Trinajstić information content (AvgIpc) is 1.57. The number of hydrogen-bond acceptors (Lipinski definition) is 14. The fourth-order valence-electron chi connectivity index (χ4n) is 17.6. The van der Waals surface area contributed by atoms with Crippen LogP contribution in [0.4, 0.5) is 0 Å². The number of hydrogen-bond donors (Lipinski definition) is 2. The molecule has 0 unspecified atom stereocenters. The predicted molar refractivity (Wildman–Crippen MR) is 452 cm³/mol. The Morgan fingerprint density at radius 2 is 0.955 bits per heavy atom. The molecular formula is C91H107BrN6O11S3. The third kappa shape index (κ3) is 15.7. The van der Waals surface area contributed by atoms with Gasteiger partial charge in [-0.15, -0.1) is 34.0 Å². The van der Waals surface area contributed by atoms with Crippen LogP contribution in [0.15, 0.2) is 93.4 Å². The molecule has 17 nitrogen and oxygen atoms in total. The first-order valence-corrected chi connectivity index (χ1v) is 43.2. The van der Waals surface area contributed by atoms with Crippen LogP contribution in [-0.2, 0) is 67.6 Å². The first kappa shape index (κ1) is 80.6. The molecule has 592 valence electrons. The predicted octanol–water partition coefficient (Wildman–Crippen LogP) is 19.0. The van der Waals surface area contributed by atoms with E-state index < -0.39 is 11.9 Å². The Morgan fingerprint density at radius 3 is 1.33 bits per heavy atom. The molecule has 2 atom stereocenters. The van der Waals surface area contributed by atoms with Gasteiger partial charge in [-0.3, -0.25) is 19.2 Å². The zero-order valence-corrected chi connectivity index (χ0v) is 71.5. The SMILES string of the molecule is COc1cc2c(cc1Br)-c1c(-c3cccs3)c3c(n1CC2)C(=O)N(C(C)(C)C)CCCC3.COc1cc2c(cc1C#CC[C@@H]1COC(C)(C)O1)-c1c(-c3cccs3)c3c(n1CC2)C(=O)N(C(C)(C)C)CCCC3.COc1cc2c(cc1C(=O)CC[C@@H](O)CO)-c1c(-c3cccs3)c3c(n1CC2)C(=O)N(C(C)(C)C)CCCC3. The maximum Gasteiger partial charge on any atom is 0.271 e. The van der Waals surface area contributed by atoms with Crippen molar-refractivity contribution in [2.75, 3.05) is 54.2 Å². The van der Waals surface area contributed by atoms with Crippen molar-refractivity contribution in [3.05, 3.63) is 155 Å². The van der Waals surface area contributed by atoms with Crippen LogP contribution in [0.3, 0.4) is 0 Å². The Morgan fingerprint density at radius 1 is 0.554 bits per heavy atom. The van der Waals surface area contributed by atoms with Gasteiger partial charge >= 0.3 is 0 Å². The number of benzene rings is 3. The highest BCUT2D eigenvalue weighted by Gasteiger charge is 2.43. The molecule has 0 aliphatic carbocycles. The van der Waals surface area contributed by atoms with Crippen LogP contribution in [0.25, 0.3) is 65.1 Å². The van der Waals surface area contributed by atoms with Gasteiger partial charge in [-0.05, 0) is 280 Å². The number of thiophene rings is 3. The second kappa shape index (κ2) is 32.7. The van der Waals surface area contributed by atoms with E-state index >= 15 is 0 Å². The number of rotatable bonds is 12. The number of ether oxygens (including phenoxy) is 5. The third-order valence-electron chi connectivity index (χ3n) is 23.0. The van der Waals surface area contributed by atoms with Gasteiger partial charge in [0.2, 0.25) is 0 Å². The fraction of sp³-hybridized carbons (Fsp3) is 0.473. The zero-order chi connectivity index (χ0) is 79.5. The van der Waals surface area contributed by atoms with Gasteiger partial charge in [0, 0.05) is 117 Å². The van der Waals surface area contributed by atoms with Gasteiger partial charge in [-0.2, -0.15) is 0 Å². The van der Waals surface area contributed by atoms with Crippen molar-refractivity contribution < 1.29 is 53.1 Å². The molecule has 0 spiro atoms. The Bertz CT molecular complexity index is 5100. The summed E-state index contributed by atoms with van der Waals surface area (Å²) in [5, 5.41) is 25.3. The number of carbonyl (C=O) groups excluding carboxylic acids is 4. The molecular weight excluding hydrogens is 1530 g/mol. The topological polar surface area (TPSA) is 179 Å². The average molecular weight is 1640 g/mol.